The Balaban J connectivity index is 1.85. The second-order valence-corrected chi connectivity index (χ2v) is 5.30. The monoisotopic (exact) mass is 308 g/mol. The van der Waals surface area contributed by atoms with Gasteiger partial charge >= 0.3 is 0 Å². The molecule has 0 saturated heterocycles. The van der Waals surface area contributed by atoms with Gasteiger partial charge in [-0.15, -0.1) is 0 Å². The number of aryl methyl sites for hydroxylation is 1. The van der Waals surface area contributed by atoms with Gasteiger partial charge in [-0.3, -0.25) is 4.68 Å². The van der Waals surface area contributed by atoms with Gasteiger partial charge in [-0.25, -0.2) is 4.98 Å². The zero-order valence-electron chi connectivity index (χ0n) is 10.6. The average Bonchev–Trinajstić information content (AvgIpc) is 2.75. The molecule has 0 bridgehead atoms. The van der Waals surface area contributed by atoms with Crippen LogP contribution in [0.1, 0.15) is 24.2 Å². The molecule has 0 amide bonds. The van der Waals surface area contributed by atoms with Crippen LogP contribution in [0.2, 0.25) is 0 Å². The highest BCUT2D eigenvalue weighted by atomic mass is 79.9. The van der Waals surface area contributed by atoms with Gasteiger partial charge in [0.15, 0.2) is 0 Å². The normalized spacial score (nSPS) is 12.6. The molecule has 0 radical (unpaired) electrons. The van der Waals surface area contributed by atoms with Crippen molar-refractivity contribution >= 4 is 15.9 Å². The highest BCUT2D eigenvalue weighted by molar-refractivity contribution is 9.10. The van der Waals surface area contributed by atoms with E-state index in [4.69, 9.17) is 0 Å². The second-order valence-electron chi connectivity index (χ2n) is 4.39. The van der Waals surface area contributed by atoms with Crippen molar-refractivity contribution in [3.8, 4) is 0 Å². The van der Waals surface area contributed by atoms with Crippen LogP contribution in [0.3, 0.4) is 0 Å². The molecule has 96 valence electrons. The maximum atomic E-state index is 4.18. The van der Waals surface area contributed by atoms with Crippen molar-refractivity contribution in [2.45, 2.75) is 19.4 Å². The maximum Gasteiger partial charge on any atom is 0.140 e. The number of hydrogen-bond acceptors (Lipinski definition) is 3. The van der Waals surface area contributed by atoms with Crippen LogP contribution in [0, 0.1) is 0 Å². The molecule has 2 aromatic rings. The van der Waals surface area contributed by atoms with Gasteiger partial charge in [0.2, 0.25) is 0 Å². The number of benzene rings is 1. The van der Waals surface area contributed by atoms with E-state index in [1.165, 1.54) is 5.56 Å². The maximum absolute atomic E-state index is 4.18. The summed E-state index contributed by atoms with van der Waals surface area (Å²) in [7, 11) is 1.90. The third kappa shape index (κ3) is 3.40. The van der Waals surface area contributed by atoms with Crippen molar-refractivity contribution in [2.24, 2.45) is 7.05 Å². The van der Waals surface area contributed by atoms with Gasteiger partial charge in [0.25, 0.3) is 0 Å². The summed E-state index contributed by atoms with van der Waals surface area (Å²) in [5, 5.41) is 7.45. The first-order valence-corrected chi connectivity index (χ1v) is 6.75. The number of nitrogens with zero attached hydrogens (tertiary/aromatic N) is 3. The summed E-state index contributed by atoms with van der Waals surface area (Å²) in [5.74, 6) is 1.42. The molecule has 0 spiro atoms. The Morgan fingerprint density at radius 1 is 1.44 bits per heavy atom. The van der Waals surface area contributed by atoms with Crippen LogP contribution in [0.25, 0.3) is 0 Å². The summed E-state index contributed by atoms with van der Waals surface area (Å²) in [6, 6.07) is 8.43. The van der Waals surface area contributed by atoms with Crippen molar-refractivity contribution in [3.63, 3.8) is 0 Å². The second kappa shape index (κ2) is 6.11. The molecule has 1 atom stereocenters. The summed E-state index contributed by atoms with van der Waals surface area (Å²) in [4.78, 5) is 4.18. The van der Waals surface area contributed by atoms with Crippen molar-refractivity contribution < 1.29 is 0 Å². The lowest BCUT2D eigenvalue weighted by molar-refractivity contribution is 0.576. The van der Waals surface area contributed by atoms with E-state index in [0.29, 0.717) is 5.92 Å². The number of aromatic nitrogens is 3. The van der Waals surface area contributed by atoms with Gasteiger partial charge in [-0.05, 0) is 23.6 Å². The number of halogens is 1. The highest BCUT2D eigenvalue weighted by Gasteiger charge is 2.06. The van der Waals surface area contributed by atoms with Crippen molar-refractivity contribution in [1.82, 2.24) is 20.1 Å². The SMILES string of the molecule is C[C@@H](CNCc1ncnn1C)c1cccc(Br)c1. The molecule has 1 N–H and O–H groups in total. The minimum Gasteiger partial charge on any atom is -0.309 e. The van der Waals surface area contributed by atoms with Crippen LogP contribution < -0.4 is 5.32 Å². The van der Waals surface area contributed by atoms with Gasteiger partial charge in [0.05, 0.1) is 6.54 Å². The number of hydrogen-bond donors (Lipinski definition) is 1. The third-order valence-corrected chi connectivity index (χ3v) is 3.45. The van der Waals surface area contributed by atoms with Crippen LogP contribution in [0.15, 0.2) is 35.1 Å². The Bertz CT molecular complexity index is 509. The smallest absolute Gasteiger partial charge is 0.140 e. The molecule has 1 aromatic heterocycles. The lowest BCUT2D eigenvalue weighted by Gasteiger charge is -2.13. The fourth-order valence-electron chi connectivity index (χ4n) is 1.81. The van der Waals surface area contributed by atoms with E-state index < -0.39 is 0 Å². The minimum absolute atomic E-state index is 0.468. The Morgan fingerprint density at radius 2 is 2.28 bits per heavy atom. The van der Waals surface area contributed by atoms with Crippen LogP contribution in [0.4, 0.5) is 0 Å². The Kier molecular flexibility index (Phi) is 4.49. The van der Waals surface area contributed by atoms with Crippen LogP contribution in [-0.2, 0) is 13.6 Å². The van der Waals surface area contributed by atoms with Crippen molar-refractivity contribution in [2.75, 3.05) is 6.54 Å². The lowest BCUT2D eigenvalue weighted by Crippen LogP contribution is -2.21. The Labute approximate surface area is 116 Å². The molecule has 2 rings (SSSR count). The summed E-state index contributed by atoms with van der Waals surface area (Å²) in [6.45, 7) is 3.88. The third-order valence-electron chi connectivity index (χ3n) is 2.96. The van der Waals surface area contributed by atoms with Gasteiger partial charge in [0, 0.05) is 18.1 Å². The lowest BCUT2D eigenvalue weighted by atomic mass is 10.0. The first-order chi connectivity index (χ1) is 8.66. The first kappa shape index (κ1) is 13.2. The zero-order valence-corrected chi connectivity index (χ0v) is 12.2. The molecule has 0 aliphatic rings. The highest BCUT2D eigenvalue weighted by Crippen LogP contribution is 2.19. The number of rotatable bonds is 5. The molecule has 1 aromatic carbocycles. The summed E-state index contributed by atoms with van der Waals surface area (Å²) >= 11 is 3.50. The molecule has 0 saturated carbocycles. The van der Waals surface area contributed by atoms with E-state index in [2.05, 4.69) is 56.5 Å². The van der Waals surface area contributed by atoms with Gasteiger partial charge in [-0.2, -0.15) is 5.10 Å². The largest absolute Gasteiger partial charge is 0.309 e. The molecular formula is C13H17BrN4. The molecule has 5 heteroatoms. The Hall–Kier alpha value is -1.20. The predicted octanol–water partition coefficient (Wildman–Crippen LogP) is 2.47. The molecule has 0 aliphatic heterocycles. The predicted molar refractivity (Wildman–Crippen MR) is 75.3 cm³/mol. The molecule has 4 nitrogen and oxygen atoms in total. The fourth-order valence-corrected chi connectivity index (χ4v) is 2.23. The van der Waals surface area contributed by atoms with E-state index in [-0.39, 0.29) is 0 Å². The van der Waals surface area contributed by atoms with E-state index in [0.717, 1.165) is 23.4 Å². The van der Waals surface area contributed by atoms with Crippen molar-refractivity contribution in [1.29, 1.82) is 0 Å². The minimum atomic E-state index is 0.468. The molecule has 0 unspecified atom stereocenters. The van der Waals surface area contributed by atoms with Crippen LogP contribution >= 0.6 is 15.9 Å². The van der Waals surface area contributed by atoms with Gasteiger partial charge < -0.3 is 5.32 Å². The van der Waals surface area contributed by atoms with Crippen LogP contribution in [-0.4, -0.2) is 21.3 Å². The quantitative estimate of drug-likeness (QED) is 0.922. The van der Waals surface area contributed by atoms with E-state index in [9.17, 15) is 0 Å². The summed E-state index contributed by atoms with van der Waals surface area (Å²) < 4.78 is 2.91. The first-order valence-electron chi connectivity index (χ1n) is 5.96. The zero-order chi connectivity index (χ0) is 13.0. The number of nitrogens with one attached hydrogen (secondary N) is 1. The van der Waals surface area contributed by atoms with Gasteiger partial charge in [0.1, 0.15) is 12.2 Å². The fraction of sp³-hybridized carbons (Fsp3) is 0.385. The van der Waals surface area contributed by atoms with E-state index in [1.54, 1.807) is 11.0 Å². The molecule has 18 heavy (non-hydrogen) atoms. The standard InChI is InChI=1S/C13H17BrN4/c1-10(11-4-3-5-12(14)6-11)7-15-8-13-16-9-17-18(13)2/h3-6,9-10,15H,7-8H2,1-2H3/t10-/m0/s1. The van der Waals surface area contributed by atoms with E-state index >= 15 is 0 Å². The average molecular weight is 309 g/mol. The molecule has 1 heterocycles. The summed E-state index contributed by atoms with van der Waals surface area (Å²) in [5.41, 5.74) is 1.33. The summed E-state index contributed by atoms with van der Waals surface area (Å²) in [6.07, 6.45) is 1.58. The van der Waals surface area contributed by atoms with E-state index in [1.807, 2.05) is 13.1 Å². The van der Waals surface area contributed by atoms with Gasteiger partial charge in [-0.1, -0.05) is 35.0 Å². The Morgan fingerprint density at radius 3 is 2.94 bits per heavy atom. The topological polar surface area (TPSA) is 42.7 Å². The van der Waals surface area contributed by atoms with Crippen molar-refractivity contribution in [3.05, 3.63) is 46.5 Å². The van der Waals surface area contributed by atoms with Crippen LogP contribution in [0.5, 0.6) is 0 Å². The molecule has 0 fully saturated rings. The molecular weight excluding hydrogens is 292 g/mol. The molecule has 0 aliphatic carbocycles.